The molecule has 0 spiro atoms. The maximum Gasteiger partial charge on any atom is 0.273 e. The molecule has 1 amide bonds. The molecule has 0 aliphatic rings. The molecule has 2 rings (SSSR count). The van der Waals surface area contributed by atoms with Crippen LogP contribution in [0.2, 0.25) is 10.0 Å². The lowest BCUT2D eigenvalue weighted by atomic mass is 10.2. The molecule has 0 saturated carbocycles. The molecule has 0 aliphatic heterocycles. The van der Waals surface area contributed by atoms with Crippen molar-refractivity contribution in [2.45, 2.75) is 0 Å². The first-order chi connectivity index (χ1) is 11.4. The summed E-state index contributed by atoms with van der Waals surface area (Å²) in [6.45, 7) is 0. The van der Waals surface area contributed by atoms with Crippen molar-refractivity contribution in [3.8, 4) is 5.75 Å². The number of hydrogen-bond donors (Lipinski definition) is 1. The fourth-order valence-corrected chi connectivity index (χ4v) is 2.42. The Morgan fingerprint density at radius 1 is 1.25 bits per heavy atom. The molecule has 2 aromatic carbocycles. The van der Waals surface area contributed by atoms with Crippen LogP contribution in [0.5, 0.6) is 5.75 Å². The lowest BCUT2D eigenvalue weighted by Gasteiger charge is -2.08. The number of carbonyl (C=O) groups is 1. The maximum atomic E-state index is 12.0. The van der Waals surface area contributed by atoms with Crippen molar-refractivity contribution in [2.24, 2.45) is 0 Å². The van der Waals surface area contributed by atoms with E-state index in [2.05, 4.69) is 5.32 Å². The second-order valence-corrected chi connectivity index (χ2v) is 5.41. The van der Waals surface area contributed by atoms with Gasteiger partial charge in [0.05, 0.1) is 23.8 Å². The van der Waals surface area contributed by atoms with E-state index in [-0.39, 0.29) is 11.4 Å². The fraction of sp³-hybridized carbons (Fsp3) is 0.0625. The number of benzene rings is 2. The highest BCUT2D eigenvalue weighted by Gasteiger charge is 2.12. The summed E-state index contributed by atoms with van der Waals surface area (Å²) in [5.74, 6) is -0.278. The third kappa shape index (κ3) is 4.24. The van der Waals surface area contributed by atoms with Crippen molar-refractivity contribution in [3.63, 3.8) is 0 Å². The van der Waals surface area contributed by atoms with Crippen LogP contribution < -0.4 is 10.1 Å². The van der Waals surface area contributed by atoms with E-state index in [9.17, 15) is 14.9 Å². The SMILES string of the molecule is COc1cc([N+](=O)[O-])ccc1NC(=O)/C=C/c1c(Cl)cccc1Cl. The Morgan fingerprint density at radius 2 is 1.92 bits per heavy atom. The van der Waals surface area contributed by atoms with Gasteiger partial charge in [-0.3, -0.25) is 14.9 Å². The van der Waals surface area contributed by atoms with Gasteiger partial charge in [-0.05, 0) is 24.3 Å². The highest BCUT2D eigenvalue weighted by molar-refractivity contribution is 6.37. The summed E-state index contributed by atoms with van der Waals surface area (Å²) in [5.41, 5.74) is 0.692. The second kappa shape index (κ2) is 7.81. The minimum absolute atomic E-state index is 0.136. The summed E-state index contributed by atoms with van der Waals surface area (Å²) < 4.78 is 5.05. The molecule has 0 fully saturated rings. The number of carbonyl (C=O) groups excluding carboxylic acids is 1. The van der Waals surface area contributed by atoms with Gasteiger partial charge in [-0.1, -0.05) is 29.3 Å². The molecular formula is C16H12Cl2N2O4. The van der Waals surface area contributed by atoms with Crippen LogP contribution in [0.3, 0.4) is 0 Å². The van der Waals surface area contributed by atoms with Crippen molar-refractivity contribution in [3.05, 3.63) is 68.2 Å². The number of hydrogen-bond acceptors (Lipinski definition) is 4. The molecule has 0 bridgehead atoms. The first-order valence-corrected chi connectivity index (χ1v) is 7.43. The first kappa shape index (κ1) is 17.8. The van der Waals surface area contributed by atoms with Gasteiger partial charge in [-0.25, -0.2) is 0 Å². The van der Waals surface area contributed by atoms with Gasteiger partial charge in [0.25, 0.3) is 5.69 Å². The summed E-state index contributed by atoms with van der Waals surface area (Å²) in [4.78, 5) is 22.2. The van der Waals surface area contributed by atoms with Gasteiger partial charge in [0, 0.05) is 27.8 Å². The number of methoxy groups -OCH3 is 1. The number of halogens is 2. The van der Waals surface area contributed by atoms with Gasteiger partial charge >= 0.3 is 0 Å². The smallest absolute Gasteiger partial charge is 0.273 e. The second-order valence-electron chi connectivity index (χ2n) is 4.60. The summed E-state index contributed by atoms with van der Waals surface area (Å²) in [7, 11) is 1.36. The number of amides is 1. The number of non-ortho nitro benzene ring substituents is 1. The van der Waals surface area contributed by atoms with Crippen molar-refractivity contribution in [1.82, 2.24) is 0 Å². The van der Waals surface area contributed by atoms with E-state index in [4.69, 9.17) is 27.9 Å². The third-order valence-electron chi connectivity index (χ3n) is 3.05. The zero-order valence-corrected chi connectivity index (χ0v) is 14.0. The van der Waals surface area contributed by atoms with Crippen LogP contribution >= 0.6 is 23.2 Å². The van der Waals surface area contributed by atoms with E-state index in [1.165, 1.54) is 37.5 Å². The number of nitrogens with one attached hydrogen (secondary N) is 1. The van der Waals surface area contributed by atoms with Gasteiger partial charge in [0.2, 0.25) is 5.91 Å². The van der Waals surface area contributed by atoms with E-state index >= 15 is 0 Å². The zero-order chi connectivity index (χ0) is 17.7. The molecule has 8 heteroatoms. The van der Waals surface area contributed by atoms with E-state index in [1.54, 1.807) is 18.2 Å². The Hall–Kier alpha value is -2.57. The predicted octanol–water partition coefficient (Wildman–Crippen LogP) is 4.56. The summed E-state index contributed by atoms with van der Waals surface area (Å²) in [5, 5.41) is 14.2. The number of nitro benzene ring substituents is 1. The van der Waals surface area contributed by atoms with Crippen LogP contribution in [-0.2, 0) is 4.79 Å². The minimum atomic E-state index is -0.548. The van der Waals surface area contributed by atoms with Crippen LogP contribution in [0.15, 0.2) is 42.5 Å². The highest BCUT2D eigenvalue weighted by atomic mass is 35.5. The predicted molar refractivity (Wildman–Crippen MR) is 93.8 cm³/mol. The average Bonchev–Trinajstić information content (AvgIpc) is 2.54. The van der Waals surface area contributed by atoms with Crippen LogP contribution in [-0.4, -0.2) is 17.9 Å². The lowest BCUT2D eigenvalue weighted by molar-refractivity contribution is -0.384. The van der Waals surface area contributed by atoms with Crippen molar-refractivity contribution in [2.75, 3.05) is 12.4 Å². The van der Waals surface area contributed by atoms with Crippen LogP contribution in [0.25, 0.3) is 6.08 Å². The lowest BCUT2D eigenvalue weighted by Crippen LogP contribution is -2.09. The number of rotatable bonds is 5. The van der Waals surface area contributed by atoms with Crippen LogP contribution in [0.4, 0.5) is 11.4 Å². The average molecular weight is 367 g/mol. The van der Waals surface area contributed by atoms with Crippen LogP contribution in [0, 0.1) is 10.1 Å². The topological polar surface area (TPSA) is 81.5 Å². The molecule has 0 aromatic heterocycles. The number of anilines is 1. The molecular weight excluding hydrogens is 355 g/mol. The Morgan fingerprint density at radius 3 is 2.50 bits per heavy atom. The molecule has 2 aromatic rings. The molecule has 0 heterocycles. The van der Waals surface area contributed by atoms with Gasteiger partial charge in [0.1, 0.15) is 5.75 Å². The molecule has 0 unspecified atom stereocenters. The molecule has 0 aliphatic carbocycles. The van der Waals surface area contributed by atoms with Crippen molar-refractivity contribution < 1.29 is 14.5 Å². The Kier molecular flexibility index (Phi) is 5.78. The molecule has 0 radical (unpaired) electrons. The third-order valence-corrected chi connectivity index (χ3v) is 3.71. The monoisotopic (exact) mass is 366 g/mol. The summed E-state index contributed by atoms with van der Waals surface area (Å²) in [6, 6.07) is 8.90. The molecule has 24 heavy (non-hydrogen) atoms. The highest BCUT2D eigenvalue weighted by Crippen LogP contribution is 2.29. The quantitative estimate of drug-likeness (QED) is 0.477. The normalized spacial score (nSPS) is 10.6. The number of nitrogens with zero attached hydrogens (tertiary/aromatic N) is 1. The minimum Gasteiger partial charge on any atom is -0.494 e. The van der Waals surface area contributed by atoms with E-state index in [0.717, 1.165) is 0 Å². The first-order valence-electron chi connectivity index (χ1n) is 6.68. The van der Waals surface area contributed by atoms with Crippen molar-refractivity contribution >= 4 is 46.6 Å². The van der Waals surface area contributed by atoms with E-state index in [1.807, 2.05) is 0 Å². The maximum absolute atomic E-state index is 12.0. The molecule has 6 nitrogen and oxygen atoms in total. The summed E-state index contributed by atoms with van der Waals surface area (Å²) >= 11 is 12.0. The molecule has 0 saturated heterocycles. The van der Waals surface area contributed by atoms with Gasteiger partial charge in [0.15, 0.2) is 0 Å². The van der Waals surface area contributed by atoms with Gasteiger partial charge < -0.3 is 10.1 Å². The molecule has 1 N–H and O–H groups in total. The zero-order valence-electron chi connectivity index (χ0n) is 12.5. The fourth-order valence-electron chi connectivity index (χ4n) is 1.90. The van der Waals surface area contributed by atoms with E-state index in [0.29, 0.717) is 21.3 Å². The van der Waals surface area contributed by atoms with Gasteiger partial charge in [-0.2, -0.15) is 0 Å². The summed E-state index contributed by atoms with van der Waals surface area (Å²) in [6.07, 6.45) is 2.74. The Labute approximate surface area is 147 Å². The van der Waals surface area contributed by atoms with Crippen molar-refractivity contribution in [1.29, 1.82) is 0 Å². The van der Waals surface area contributed by atoms with Crippen LogP contribution in [0.1, 0.15) is 5.56 Å². The Balaban J connectivity index is 2.18. The largest absolute Gasteiger partial charge is 0.494 e. The standard InChI is InChI=1S/C16H12Cl2N2O4/c1-24-15-9-10(20(22)23)5-7-14(15)19-16(21)8-6-11-12(17)3-2-4-13(11)18/h2-9H,1H3,(H,19,21)/b8-6+. The number of nitro groups is 1. The molecule has 124 valence electrons. The van der Waals surface area contributed by atoms with Gasteiger partial charge in [-0.15, -0.1) is 0 Å². The number of ether oxygens (including phenoxy) is 1. The Bertz CT molecular complexity index is 801. The molecule has 0 atom stereocenters. The van der Waals surface area contributed by atoms with E-state index < -0.39 is 10.8 Å².